The molecular formula is C24H25N5O3S. The number of furan rings is 1. The zero-order chi connectivity index (χ0) is 22.9. The Kier molecular flexibility index (Phi) is 5.72. The van der Waals surface area contributed by atoms with Gasteiger partial charge in [0.1, 0.15) is 12.2 Å². The highest BCUT2D eigenvalue weighted by atomic mass is 32.1. The number of aryl methyl sites for hydroxylation is 2. The Hall–Kier alpha value is -3.46. The molecule has 8 nitrogen and oxygen atoms in total. The second kappa shape index (κ2) is 8.82. The summed E-state index contributed by atoms with van der Waals surface area (Å²) < 4.78 is 7.46. The molecule has 3 aromatic heterocycles. The lowest BCUT2D eigenvalue weighted by atomic mass is 10.1. The smallest absolute Gasteiger partial charge is 0.294 e. The minimum Gasteiger partial charge on any atom is -0.463 e. The van der Waals surface area contributed by atoms with Gasteiger partial charge in [0.15, 0.2) is 16.4 Å². The van der Waals surface area contributed by atoms with Crippen LogP contribution in [0.5, 0.6) is 0 Å². The van der Waals surface area contributed by atoms with Crippen LogP contribution in [0.2, 0.25) is 0 Å². The highest BCUT2D eigenvalue weighted by molar-refractivity contribution is 7.22. The normalized spacial score (nSPS) is 13.7. The van der Waals surface area contributed by atoms with Gasteiger partial charge < -0.3 is 14.6 Å². The van der Waals surface area contributed by atoms with E-state index in [2.05, 4.69) is 20.3 Å². The standard InChI is InChI=1S/C24H25N5O3S/c1-3-16-9-6-8-15(2)19(16)25-18(30)14-29-23(31)21-22(20(27-29)17-10-7-13-32-17)33-24(26-21)28-11-4-5-12-28/h6-10,13H,3-5,11-12,14H2,1-2H3,(H,25,30). The summed E-state index contributed by atoms with van der Waals surface area (Å²) in [5.41, 5.74) is 3.28. The van der Waals surface area contributed by atoms with Gasteiger partial charge in [-0.15, -0.1) is 0 Å². The number of anilines is 2. The van der Waals surface area contributed by atoms with E-state index in [1.807, 2.05) is 32.0 Å². The molecule has 170 valence electrons. The van der Waals surface area contributed by atoms with Crippen LogP contribution in [0.3, 0.4) is 0 Å². The summed E-state index contributed by atoms with van der Waals surface area (Å²) in [7, 11) is 0. The molecule has 0 saturated carbocycles. The predicted octanol–water partition coefficient (Wildman–Crippen LogP) is 4.22. The molecular weight excluding hydrogens is 438 g/mol. The molecule has 4 heterocycles. The third-order valence-electron chi connectivity index (χ3n) is 5.92. The molecule has 0 atom stereocenters. The Bertz CT molecular complexity index is 1370. The average Bonchev–Trinajstić information content (AvgIpc) is 3.58. The van der Waals surface area contributed by atoms with Gasteiger partial charge in [-0.3, -0.25) is 9.59 Å². The second-order valence-corrected chi connectivity index (χ2v) is 9.15. The van der Waals surface area contributed by atoms with Crippen molar-refractivity contribution >= 4 is 38.3 Å². The van der Waals surface area contributed by atoms with Gasteiger partial charge in [-0.25, -0.2) is 9.67 Å². The third-order valence-corrected chi connectivity index (χ3v) is 7.04. The van der Waals surface area contributed by atoms with Crippen molar-refractivity contribution in [1.82, 2.24) is 14.8 Å². The number of hydrogen-bond donors (Lipinski definition) is 1. The number of fused-ring (bicyclic) bond motifs is 1. The largest absolute Gasteiger partial charge is 0.463 e. The lowest BCUT2D eigenvalue weighted by molar-refractivity contribution is -0.117. The van der Waals surface area contributed by atoms with Crippen molar-refractivity contribution in [3.63, 3.8) is 0 Å². The second-order valence-electron chi connectivity index (χ2n) is 8.17. The van der Waals surface area contributed by atoms with E-state index in [1.165, 1.54) is 16.0 Å². The summed E-state index contributed by atoms with van der Waals surface area (Å²) in [6.45, 7) is 5.64. The maximum absolute atomic E-state index is 13.3. The summed E-state index contributed by atoms with van der Waals surface area (Å²) in [6, 6.07) is 9.49. The summed E-state index contributed by atoms with van der Waals surface area (Å²) in [4.78, 5) is 33.1. The molecule has 4 aromatic rings. The zero-order valence-corrected chi connectivity index (χ0v) is 19.4. The molecule has 1 aliphatic rings. The first-order valence-corrected chi connectivity index (χ1v) is 12.0. The van der Waals surface area contributed by atoms with Crippen LogP contribution in [0.4, 0.5) is 10.8 Å². The predicted molar refractivity (Wildman–Crippen MR) is 130 cm³/mol. The fraction of sp³-hybridized carbons (Fsp3) is 0.333. The van der Waals surface area contributed by atoms with Crippen molar-refractivity contribution in [2.75, 3.05) is 23.3 Å². The lowest BCUT2D eigenvalue weighted by Gasteiger charge is -2.13. The Labute approximate surface area is 194 Å². The third kappa shape index (κ3) is 4.04. The van der Waals surface area contributed by atoms with Gasteiger partial charge >= 0.3 is 0 Å². The van der Waals surface area contributed by atoms with E-state index in [4.69, 9.17) is 4.42 Å². The van der Waals surface area contributed by atoms with Crippen molar-refractivity contribution < 1.29 is 9.21 Å². The van der Waals surface area contributed by atoms with Crippen molar-refractivity contribution in [3.05, 3.63) is 58.1 Å². The van der Waals surface area contributed by atoms with Crippen LogP contribution in [0, 0.1) is 6.92 Å². The summed E-state index contributed by atoms with van der Waals surface area (Å²) in [5.74, 6) is 0.228. The first kappa shape index (κ1) is 21.4. The lowest BCUT2D eigenvalue weighted by Crippen LogP contribution is -2.30. The van der Waals surface area contributed by atoms with E-state index in [-0.39, 0.29) is 18.0 Å². The first-order valence-electron chi connectivity index (χ1n) is 11.1. The van der Waals surface area contributed by atoms with E-state index in [0.29, 0.717) is 21.7 Å². The first-order chi connectivity index (χ1) is 16.0. The van der Waals surface area contributed by atoms with E-state index in [9.17, 15) is 9.59 Å². The maximum atomic E-state index is 13.3. The van der Waals surface area contributed by atoms with Crippen molar-refractivity contribution in [2.45, 2.75) is 39.7 Å². The molecule has 0 unspecified atom stereocenters. The number of amides is 1. The van der Waals surface area contributed by atoms with Gasteiger partial charge in [-0.05, 0) is 49.4 Å². The van der Waals surface area contributed by atoms with Crippen LogP contribution in [-0.2, 0) is 17.8 Å². The molecule has 0 radical (unpaired) electrons. The van der Waals surface area contributed by atoms with E-state index in [1.54, 1.807) is 18.4 Å². The summed E-state index contributed by atoms with van der Waals surface area (Å²) in [5, 5.41) is 8.31. The molecule has 1 amide bonds. The molecule has 1 fully saturated rings. The fourth-order valence-electron chi connectivity index (χ4n) is 4.19. The van der Waals surface area contributed by atoms with Crippen LogP contribution in [0.25, 0.3) is 21.7 Å². The van der Waals surface area contributed by atoms with E-state index in [0.717, 1.165) is 54.3 Å². The van der Waals surface area contributed by atoms with Gasteiger partial charge in [-0.1, -0.05) is 36.5 Å². The van der Waals surface area contributed by atoms with Gasteiger partial charge in [0.2, 0.25) is 5.91 Å². The molecule has 1 aromatic carbocycles. The quantitative estimate of drug-likeness (QED) is 0.460. The summed E-state index contributed by atoms with van der Waals surface area (Å²) in [6.07, 6.45) is 4.59. The SMILES string of the molecule is CCc1cccc(C)c1NC(=O)Cn1nc(-c2ccco2)c2sc(N3CCCC3)nc2c1=O. The van der Waals surface area contributed by atoms with Gasteiger partial charge in [0.25, 0.3) is 5.56 Å². The van der Waals surface area contributed by atoms with Crippen LogP contribution in [-0.4, -0.2) is 33.8 Å². The van der Waals surface area contributed by atoms with Crippen LogP contribution in [0.1, 0.15) is 30.9 Å². The van der Waals surface area contributed by atoms with Crippen molar-refractivity contribution in [2.24, 2.45) is 0 Å². The molecule has 33 heavy (non-hydrogen) atoms. The number of rotatable bonds is 6. The Balaban J connectivity index is 1.54. The Morgan fingerprint density at radius 2 is 2.03 bits per heavy atom. The maximum Gasteiger partial charge on any atom is 0.294 e. The van der Waals surface area contributed by atoms with Gasteiger partial charge in [0.05, 0.1) is 11.0 Å². The van der Waals surface area contributed by atoms with Crippen molar-refractivity contribution in [3.8, 4) is 11.5 Å². The average molecular weight is 464 g/mol. The molecule has 0 spiro atoms. The number of aromatic nitrogens is 3. The number of hydrogen-bond acceptors (Lipinski definition) is 7. The van der Waals surface area contributed by atoms with Gasteiger partial charge in [-0.2, -0.15) is 5.10 Å². The molecule has 9 heteroatoms. The topological polar surface area (TPSA) is 93.3 Å². The van der Waals surface area contributed by atoms with Crippen LogP contribution < -0.4 is 15.8 Å². The molecule has 0 bridgehead atoms. The number of nitrogens with zero attached hydrogens (tertiary/aromatic N) is 4. The summed E-state index contributed by atoms with van der Waals surface area (Å²) >= 11 is 1.45. The van der Waals surface area contributed by atoms with Crippen LogP contribution >= 0.6 is 11.3 Å². The number of nitrogens with one attached hydrogen (secondary N) is 1. The van der Waals surface area contributed by atoms with Crippen molar-refractivity contribution in [1.29, 1.82) is 0 Å². The highest BCUT2D eigenvalue weighted by Crippen LogP contribution is 2.35. The molecule has 1 saturated heterocycles. The number of thiazole rings is 1. The number of para-hydroxylation sites is 1. The molecule has 0 aliphatic carbocycles. The van der Waals surface area contributed by atoms with Gasteiger partial charge in [0, 0.05) is 18.8 Å². The molecule has 1 N–H and O–H groups in total. The molecule has 5 rings (SSSR count). The molecule has 1 aliphatic heterocycles. The van der Waals surface area contributed by atoms with E-state index < -0.39 is 0 Å². The minimum atomic E-state index is -0.377. The fourth-order valence-corrected chi connectivity index (χ4v) is 5.29. The zero-order valence-electron chi connectivity index (χ0n) is 18.6. The number of benzene rings is 1. The number of carbonyl (C=O) groups is 1. The monoisotopic (exact) mass is 463 g/mol. The Morgan fingerprint density at radius 3 is 2.76 bits per heavy atom. The van der Waals surface area contributed by atoms with Crippen LogP contribution in [0.15, 0.2) is 45.8 Å². The minimum absolute atomic E-state index is 0.212. The highest BCUT2D eigenvalue weighted by Gasteiger charge is 2.23. The van der Waals surface area contributed by atoms with E-state index >= 15 is 0 Å². The Morgan fingerprint density at radius 1 is 1.21 bits per heavy atom. The number of carbonyl (C=O) groups excluding carboxylic acids is 1.